The highest BCUT2D eigenvalue weighted by Gasteiger charge is 2.08. The topological polar surface area (TPSA) is 63.6 Å². The molecule has 0 aliphatic rings. The van der Waals surface area contributed by atoms with Crippen molar-refractivity contribution in [1.82, 2.24) is 0 Å². The summed E-state index contributed by atoms with van der Waals surface area (Å²) in [5, 5.41) is 8.92. The zero-order valence-corrected chi connectivity index (χ0v) is 17.8. The van der Waals surface area contributed by atoms with Crippen molar-refractivity contribution >= 4 is 17.8 Å². The molecule has 0 atom stereocenters. The number of carbonyl (C=O) groups is 2. The van der Waals surface area contributed by atoms with Gasteiger partial charge >= 0.3 is 5.97 Å². The van der Waals surface area contributed by atoms with E-state index in [1.54, 1.807) is 24.3 Å². The molecule has 0 aromatic heterocycles. The molecular formula is C27H26O4. The number of carboxylic acids is 1. The van der Waals surface area contributed by atoms with Gasteiger partial charge in [0.05, 0.1) is 0 Å². The second-order valence-corrected chi connectivity index (χ2v) is 7.37. The molecule has 4 heteroatoms. The van der Waals surface area contributed by atoms with Gasteiger partial charge in [-0.15, -0.1) is 0 Å². The molecule has 0 fully saturated rings. The quantitative estimate of drug-likeness (QED) is 0.331. The van der Waals surface area contributed by atoms with Crippen LogP contribution in [-0.2, 0) is 17.6 Å². The number of carbonyl (C=O) groups excluding carboxylic acids is 1. The number of ether oxygens (including phenoxy) is 1. The van der Waals surface area contributed by atoms with E-state index in [9.17, 15) is 9.59 Å². The maximum absolute atomic E-state index is 12.2. The summed E-state index contributed by atoms with van der Waals surface area (Å²) in [6, 6.07) is 20.8. The third-order valence-corrected chi connectivity index (χ3v) is 5.08. The number of allylic oxidation sites excluding steroid dienone is 1. The fraction of sp³-hybridized carbons (Fsp3) is 0.185. The summed E-state index contributed by atoms with van der Waals surface area (Å²) < 4.78 is 6.07. The fourth-order valence-corrected chi connectivity index (χ4v) is 3.37. The van der Waals surface area contributed by atoms with Gasteiger partial charge in [-0.2, -0.15) is 0 Å². The van der Waals surface area contributed by atoms with E-state index < -0.39 is 5.97 Å². The highest BCUT2D eigenvalue weighted by molar-refractivity contribution is 6.06. The van der Waals surface area contributed by atoms with E-state index in [0.717, 1.165) is 40.2 Å². The normalized spacial score (nSPS) is 10.9. The summed E-state index contributed by atoms with van der Waals surface area (Å²) in [5.41, 5.74) is 4.68. The molecule has 0 heterocycles. The van der Waals surface area contributed by atoms with Crippen molar-refractivity contribution in [2.75, 3.05) is 0 Å². The van der Waals surface area contributed by atoms with Gasteiger partial charge < -0.3 is 9.84 Å². The average Bonchev–Trinajstić information content (AvgIpc) is 2.78. The number of aliphatic carboxylic acids is 1. The molecule has 3 aromatic rings. The van der Waals surface area contributed by atoms with Crippen molar-refractivity contribution in [1.29, 1.82) is 0 Å². The van der Waals surface area contributed by atoms with Crippen molar-refractivity contribution in [3.8, 4) is 11.5 Å². The Morgan fingerprint density at radius 2 is 1.74 bits per heavy atom. The second-order valence-electron chi connectivity index (χ2n) is 7.37. The second kappa shape index (κ2) is 10.4. The molecule has 0 spiro atoms. The molecule has 0 unspecified atom stereocenters. The Hall–Kier alpha value is -3.66. The molecule has 0 aliphatic carbocycles. The first-order chi connectivity index (χ1) is 15.0. The average molecular weight is 415 g/mol. The lowest BCUT2D eigenvalue weighted by Crippen LogP contribution is -2.00. The molecule has 0 saturated carbocycles. The number of benzene rings is 3. The summed E-state index contributed by atoms with van der Waals surface area (Å²) in [4.78, 5) is 23.1. The summed E-state index contributed by atoms with van der Waals surface area (Å²) >= 11 is 0. The highest BCUT2D eigenvalue weighted by Crippen LogP contribution is 2.28. The number of aryl methyl sites for hydroxylation is 3. The minimum atomic E-state index is -0.794. The highest BCUT2D eigenvalue weighted by atomic mass is 16.5. The van der Waals surface area contributed by atoms with Gasteiger partial charge in [0.2, 0.25) is 0 Å². The van der Waals surface area contributed by atoms with Crippen molar-refractivity contribution in [2.45, 2.75) is 33.1 Å². The largest absolute Gasteiger partial charge is 0.481 e. The first-order valence-electron chi connectivity index (χ1n) is 10.4. The zero-order valence-electron chi connectivity index (χ0n) is 17.8. The Morgan fingerprint density at radius 1 is 0.968 bits per heavy atom. The van der Waals surface area contributed by atoms with Crippen LogP contribution in [-0.4, -0.2) is 16.9 Å². The molecule has 0 radical (unpaired) electrons. The van der Waals surface area contributed by atoms with E-state index in [4.69, 9.17) is 9.84 Å². The maximum atomic E-state index is 12.2. The van der Waals surface area contributed by atoms with Crippen LogP contribution in [0.2, 0.25) is 0 Å². The Bertz CT molecular complexity index is 1100. The van der Waals surface area contributed by atoms with Crippen molar-refractivity contribution in [2.24, 2.45) is 0 Å². The van der Waals surface area contributed by atoms with Crippen LogP contribution in [0.15, 0.2) is 72.8 Å². The predicted molar refractivity (Wildman–Crippen MR) is 123 cm³/mol. The molecule has 0 saturated heterocycles. The van der Waals surface area contributed by atoms with Gasteiger partial charge in [-0.05, 0) is 72.4 Å². The molecule has 1 N–H and O–H groups in total. The van der Waals surface area contributed by atoms with Crippen molar-refractivity contribution in [3.05, 3.63) is 101 Å². The van der Waals surface area contributed by atoms with Crippen molar-refractivity contribution < 1.29 is 19.4 Å². The van der Waals surface area contributed by atoms with Crippen LogP contribution in [0.5, 0.6) is 11.5 Å². The van der Waals surface area contributed by atoms with Crippen LogP contribution in [0.3, 0.4) is 0 Å². The fourth-order valence-electron chi connectivity index (χ4n) is 3.37. The van der Waals surface area contributed by atoms with Crippen LogP contribution in [0, 0.1) is 6.92 Å². The summed E-state index contributed by atoms with van der Waals surface area (Å²) in [5.74, 6) is 0.639. The summed E-state index contributed by atoms with van der Waals surface area (Å²) in [6.45, 7) is 4.01. The number of ketones is 1. The molecule has 4 nitrogen and oxygen atoms in total. The lowest BCUT2D eigenvalue weighted by atomic mass is 10.0. The number of rotatable bonds is 9. The molecule has 3 aromatic carbocycles. The first-order valence-corrected chi connectivity index (χ1v) is 10.4. The Morgan fingerprint density at radius 3 is 2.42 bits per heavy atom. The van der Waals surface area contributed by atoms with E-state index in [0.29, 0.717) is 12.0 Å². The Kier molecular flexibility index (Phi) is 7.39. The van der Waals surface area contributed by atoms with Gasteiger partial charge in [0.15, 0.2) is 5.78 Å². The molecule has 3 rings (SSSR count). The minimum Gasteiger partial charge on any atom is -0.481 e. The summed E-state index contributed by atoms with van der Waals surface area (Å²) in [7, 11) is 0. The van der Waals surface area contributed by atoms with E-state index in [1.807, 2.05) is 68.4 Å². The lowest BCUT2D eigenvalue weighted by molar-refractivity contribution is -0.136. The third kappa shape index (κ3) is 6.16. The van der Waals surface area contributed by atoms with E-state index >= 15 is 0 Å². The molecule has 0 bridgehead atoms. The van der Waals surface area contributed by atoms with Gasteiger partial charge in [0, 0.05) is 12.0 Å². The molecular weight excluding hydrogens is 388 g/mol. The SMILES string of the molecule is CCc1cc(Oc2ccc(/C=C/C(=O)c3ccccc3)cc2C)ccc1CCC(=O)O. The monoisotopic (exact) mass is 414 g/mol. The van der Waals surface area contributed by atoms with Crippen LogP contribution in [0.1, 0.15) is 46.0 Å². The van der Waals surface area contributed by atoms with Gasteiger partial charge in [0.25, 0.3) is 0 Å². The van der Waals surface area contributed by atoms with Gasteiger partial charge in [-0.3, -0.25) is 9.59 Å². The minimum absolute atomic E-state index is 0.0336. The van der Waals surface area contributed by atoms with E-state index in [-0.39, 0.29) is 12.2 Å². The number of hydrogen-bond acceptors (Lipinski definition) is 3. The molecule has 31 heavy (non-hydrogen) atoms. The van der Waals surface area contributed by atoms with E-state index in [1.165, 1.54) is 0 Å². The number of hydrogen-bond donors (Lipinski definition) is 1. The third-order valence-electron chi connectivity index (χ3n) is 5.08. The van der Waals surface area contributed by atoms with E-state index in [2.05, 4.69) is 0 Å². The standard InChI is InChI=1S/C27H26O4/c1-3-21-18-24(13-11-22(21)12-16-27(29)30)31-26-15-10-20(17-19(26)2)9-14-25(28)23-7-5-4-6-8-23/h4-11,13-15,17-18H,3,12,16H2,1-2H3,(H,29,30)/b14-9+. The predicted octanol–water partition coefficient (Wildman–Crippen LogP) is 6.26. The van der Waals surface area contributed by atoms with Crippen LogP contribution >= 0.6 is 0 Å². The van der Waals surface area contributed by atoms with Gasteiger partial charge in [0.1, 0.15) is 11.5 Å². The lowest BCUT2D eigenvalue weighted by Gasteiger charge is -2.13. The number of carboxylic acid groups (broad SMARTS) is 1. The molecule has 158 valence electrons. The van der Waals surface area contributed by atoms with Crippen LogP contribution in [0.4, 0.5) is 0 Å². The van der Waals surface area contributed by atoms with Crippen LogP contribution in [0.25, 0.3) is 6.08 Å². The Labute approximate surface area is 182 Å². The smallest absolute Gasteiger partial charge is 0.303 e. The molecule has 0 aliphatic heterocycles. The van der Waals surface area contributed by atoms with Crippen molar-refractivity contribution in [3.63, 3.8) is 0 Å². The maximum Gasteiger partial charge on any atom is 0.303 e. The Balaban J connectivity index is 1.71. The first kappa shape index (κ1) is 22.0. The summed E-state index contributed by atoms with van der Waals surface area (Å²) in [6.07, 6.45) is 4.82. The van der Waals surface area contributed by atoms with Crippen LogP contribution < -0.4 is 4.74 Å². The zero-order chi connectivity index (χ0) is 22.2. The molecule has 0 amide bonds. The van der Waals surface area contributed by atoms with Gasteiger partial charge in [-0.1, -0.05) is 55.5 Å². The van der Waals surface area contributed by atoms with Gasteiger partial charge in [-0.25, -0.2) is 0 Å².